The van der Waals surface area contributed by atoms with Gasteiger partial charge in [0.1, 0.15) is 0 Å². The summed E-state index contributed by atoms with van der Waals surface area (Å²) in [5.74, 6) is 1.27. The minimum atomic E-state index is 0. The van der Waals surface area contributed by atoms with E-state index >= 15 is 0 Å². The fourth-order valence-electron chi connectivity index (χ4n) is 2.59. The molecule has 7 heteroatoms. The number of benzene rings is 1. The van der Waals surface area contributed by atoms with Crippen LogP contribution in [0.5, 0.6) is 0 Å². The van der Waals surface area contributed by atoms with Crippen LogP contribution in [0.25, 0.3) is 0 Å². The molecule has 0 bridgehead atoms. The van der Waals surface area contributed by atoms with E-state index in [1.807, 2.05) is 31.2 Å². The first-order valence-corrected chi connectivity index (χ1v) is 9.13. The standard InChI is InChI=1S/C19H28ClN5.HI/c1-5-21-19(23-12-17-6-8-18(20)9-7-17)22-11-14(2)13-25-16(4)10-15(3)24-25;/h6-10,14H,5,11-13H2,1-4H3,(H2,21,22,23);1H. The van der Waals surface area contributed by atoms with Crippen molar-refractivity contribution in [3.8, 4) is 0 Å². The summed E-state index contributed by atoms with van der Waals surface area (Å²) in [4.78, 5) is 4.64. The fraction of sp³-hybridized carbons (Fsp3) is 0.474. The minimum Gasteiger partial charge on any atom is -0.357 e. The Morgan fingerprint density at radius 2 is 1.92 bits per heavy atom. The fourth-order valence-corrected chi connectivity index (χ4v) is 2.72. The number of hydrogen-bond acceptors (Lipinski definition) is 2. The highest BCUT2D eigenvalue weighted by Gasteiger charge is 2.08. The van der Waals surface area contributed by atoms with Gasteiger partial charge in [0, 0.05) is 30.4 Å². The van der Waals surface area contributed by atoms with Gasteiger partial charge in [-0.3, -0.25) is 4.68 Å². The van der Waals surface area contributed by atoms with Crippen molar-refractivity contribution in [2.24, 2.45) is 10.9 Å². The molecule has 0 aliphatic carbocycles. The maximum atomic E-state index is 5.92. The summed E-state index contributed by atoms with van der Waals surface area (Å²) >= 11 is 5.92. The molecule has 1 heterocycles. The van der Waals surface area contributed by atoms with Crippen molar-refractivity contribution >= 4 is 41.5 Å². The third kappa shape index (κ3) is 7.53. The SMILES string of the molecule is CCNC(=NCc1ccc(Cl)cc1)NCC(C)Cn1nc(C)cc1C.I. The summed E-state index contributed by atoms with van der Waals surface area (Å²) in [7, 11) is 0. The Bertz CT molecular complexity index is 696. The second-order valence-electron chi connectivity index (χ2n) is 6.42. The van der Waals surface area contributed by atoms with Crippen molar-refractivity contribution < 1.29 is 0 Å². The molecular weight excluding hydrogens is 461 g/mol. The van der Waals surface area contributed by atoms with Crippen LogP contribution in [0, 0.1) is 19.8 Å². The Hall–Kier alpha value is -1.28. The summed E-state index contributed by atoms with van der Waals surface area (Å²) in [5.41, 5.74) is 3.40. The molecule has 1 aromatic heterocycles. The third-order valence-corrected chi connectivity index (χ3v) is 4.14. The van der Waals surface area contributed by atoms with Gasteiger partial charge in [0.25, 0.3) is 0 Å². The second kappa shape index (κ2) is 11.4. The molecule has 0 radical (unpaired) electrons. The Morgan fingerprint density at radius 1 is 1.23 bits per heavy atom. The van der Waals surface area contributed by atoms with Crippen molar-refractivity contribution in [2.75, 3.05) is 13.1 Å². The molecule has 0 aliphatic rings. The van der Waals surface area contributed by atoms with Gasteiger partial charge >= 0.3 is 0 Å². The average Bonchev–Trinajstić information content (AvgIpc) is 2.89. The molecule has 5 nitrogen and oxygen atoms in total. The Kier molecular flexibility index (Phi) is 10.0. The zero-order valence-electron chi connectivity index (χ0n) is 15.9. The molecule has 0 spiro atoms. The van der Waals surface area contributed by atoms with Gasteiger partial charge in [-0.2, -0.15) is 5.10 Å². The first kappa shape index (κ1) is 22.8. The van der Waals surface area contributed by atoms with Gasteiger partial charge in [-0.25, -0.2) is 4.99 Å². The van der Waals surface area contributed by atoms with Gasteiger partial charge in [-0.1, -0.05) is 30.7 Å². The average molecular weight is 490 g/mol. The predicted molar refractivity (Wildman–Crippen MR) is 121 cm³/mol. The zero-order valence-corrected chi connectivity index (χ0v) is 19.0. The number of rotatable bonds is 7. The van der Waals surface area contributed by atoms with Gasteiger partial charge in [0.15, 0.2) is 5.96 Å². The smallest absolute Gasteiger partial charge is 0.191 e. The molecule has 26 heavy (non-hydrogen) atoms. The number of halogens is 2. The molecule has 1 aromatic carbocycles. The van der Waals surface area contributed by atoms with E-state index in [9.17, 15) is 0 Å². The monoisotopic (exact) mass is 489 g/mol. The van der Waals surface area contributed by atoms with E-state index in [-0.39, 0.29) is 24.0 Å². The molecule has 2 N–H and O–H groups in total. The van der Waals surface area contributed by atoms with Crippen LogP contribution in [0.1, 0.15) is 30.8 Å². The lowest BCUT2D eigenvalue weighted by Gasteiger charge is -2.16. The molecule has 1 atom stereocenters. The quantitative estimate of drug-likeness (QED) is 0.349. The van der Waals surface area contributed by atoms with Crippen LogP contribution in [-0.2, 0) is 13.1 Å². The third-order valence-electron chi connectivity index (χ3n) is 3.88. The predicted octanol–water partition coefficient (Wildman–Crippen LogP) is 4.16. The lowest BCUT2D eigenvalue weighted by atomic mass is 10.2. The van der Waals surface area contributed by atoms with Gasteiger partial charge < -0.3 is 10.6 Å². The normalized spacial score (nSPS) is 12.4. The van der Waals surface area contributed by atoms with Crippen LogP contribution in [0.2, 0.25) is 5.02 Å². The number of aryl methyl sites for hydroxylation is 2. The van der Waals surface area contributed by atoms with Crippen LogP contribution in [0.3, 0.4) is 0 Å². The van der Waals surface area contributed by atoms with Crippen LogP contribution < -0.4 is 10.6 Å². The summed E-state index contributed by atoms with van der Waals surface area (Å²) in [6, 6.07) is 9.89. The molecule has 0 fully saturated rings. The minimum absolute atomic E-state index is 0. The van der Waals surface area contributed by atoms with E-state index in [0.717, 1.165) is 41.9 Å². The molecule has 2 aromatic rings. The first-order chi connectivity index (χ1) is 12.0. The van der Waals surface area contributed by atoms with Crippen molar-refractivity contribution in [1.29, 1.82) is 0 Å². The maximum Gasteiger partial charge on any atom is 0.191 e. The highest BCUT2D eigenvalue weighted by Crippen LogP contribution is 2.10. The molecule has 0 aliphatic heterocycles. The summed E-state index contributed by atoms with van der Waals surface area (Å²) in [5, 5.41) is 12.0. The Labute approximate surface area is 178 Å². The first-order valence-electron chi connectivity index (χ1n) is 8.75. The van der Waals surface area contributed by atoms with E-state index < -0.39 is 0 Å². The largest absolute Gasteiger partial charge is 0.357 e. The van der Waals surface area contributed by atoms with Crippen LogP contribution >= 0.6 is 35.6 Å². The highest BCUT2D eigenvalue weighted by atomic mass is 127. The van der Waals surface area contributed by atoms with Crippen molar-refractivity contribution in [1.82, 2.24) is 20.4 Å². The number of aromatic nitrogens is 2. The van der Waals surface area contributed by atoms with Gasteiger partial charge in [0.05, 0.1) is 12.2 Å². The highest BCUT2D eigenvalue weighted by molar-refractivity contribution is 14.0. The maximum absolute atomic E-state index is 5.92. The van der Waals surface area contributed by atoms with Gasteiger partial charge in [-0.05, 0) is 50.5 Å². The topological polar surface area (TPSA) is 54.2 Å². The Balaban J connectivity index is 0.00000338. The van der Waals surface area contributed by atoms with Crippen molar-refractivity contribution in [3.63, 3.8) is 0 Å². The molecule has 0 saturated carbocycles. The van der Waals surface area contributed by atoms with E-state index in [2.05, 4.69) is 52.2 Å². The zero-order chi connectivity index (χ0) is 18.2. The van der Waals surface area contributed by atoms with E-state index in [0.29, 0.717) is 12.5 Å². The van der Waals surface area contributed by atoms with Gasteiger partial charge in [-0.15, -0.1) is 24.0 Å². The summed E-state index contributed by atoms with van der Waals surface area (Å²) < 4.78 is 2.07. The van der Waals surface area contributed by atoms with E-state index in [4.69, 9.17) is 11.6 Å². The number of nitrogens with zero attached hydrogens (tertiary/aromatic N) is 3. The molecule has 2 rings (SSSR count). The number of guanidine groups is 1. The van der Waals surface area contributed by atoms with E-state index in [1.54, 1.807) is 0 Å². The van der Waals surface area contributed by atoms with Crippen LogP contribution in [-0.4, -0.2) is 28.8 Å². The Morgan fingerprint density at radius 3 is 2.50 bits per heavy atom. The number of aliphatic imine (C=N–C) groups is 1. The molecule has 0 saturated heterocycles. The van der Waals surface area contributed by atoms with Gasteiger partial charge in [0.2, 0.25) is 0 Å². The second-order valence-corrected chi connectivity index (χ2v) is 6.85. The molecule has 144 valence electrons. The van der Waals surface area contributed by atoms with E-state index in [1.165, 1.54) is 5.69 Å². The van der Waals surface area contributed by atoms with Crippen molar-refractivity contribution in [2.45, 2.75) is 40.8 Å². The van der Waals surface area contributed by atoms with Crippen molar-refractivity contribution in [3.05, 3.63) is 52.3 Å². The summed E-state index contributed by atoms with van der Waals surface area (Å²) in [6.45, 7) is 11.6. The number of hydrogen-bond donors (Lipinski definition) is 2. The van der Waals surface area contributed by atoms with Crippen LogP contribution in [0.4, 0.5) is 0 Å². The molecule has 0 amide bonds. The summed E-state index contributed by atoms with van der Waals surface area (Å²) in [6.07, 6.45) is 0. The molecular formula is C19H29ClIN5. The molecule has 1 unspecified atom stereocenters. The van der Waals surface area contributed by atoms with Crippen LogP contribution in [0.15, 0.2) is 35.3 Å². The lowest BCUT2D eigenvalue weighted by Crippen LogP contribution is -2.40. The lowest BCUT2D eigenvalue weighted by molar-refractivity contribution is 0.436. The number of nitrogens with one attached hydrogen (secondary N) is 2.